The summed E-state index contributed by atoms with van der Waals surface area (Å²) in [4.78, 5) is 8.51. The third-order valence-corrected chi connectivity index (χ3v) is 2.85. The van der Waals surface area contributed by atoms with Gasteiger partial charge in [0.2, 0.25) is 0 Å². The number of nitrogens with zero attached hydrogens (tertiary/aromatic N) is 2. The van der Waals surface area contributed by atoms with Crippen LogP contribution in [-0.4, -0.2) is 9.97 Å². The average Bonchev–Trinajstić information content (AvgIpc) is 2.41. The molecule has 5 heteroatoms. The van der Waals surface area contributed by atoms with E-state index in [9.17, 15) is 4.39 Å². The molecule has 4 nitrogen and oxygen atoms in total. The molecule has 0 saturated carbocycles. The number of hydrogen-bond donors (Lipinski definition) is 1. The van der Waals surface area contributed by atoms with Gasteiger partial charge in [0.05, 0.1) is 5.52 Å². The minimum absolute atomic E-state index is 0.106. The number of benzene rings is 1. The van der Waals surface area contributed by atoms with E-state index in [1.54, 1.807) is 24.5 Å². The Hall–Kier alpha value is -2.69. The molecule has 0 saturated heterocycles. The quantitative estimate of drug-likeness (QED) is 0.724. The average molecular weight is 269 g/mol. The number of anilines is 1. The first-order valence-corrected chi connectivity index (χ1v) is 6.08. The summed E-state index contributed by atoms with van der Waals surface area (Å²) in [6.07, 6.45) is 3.32. The second-order valence-corrected chi connectivity index (χ2v) is 4.48. The minimum Gasteiger partial charge on any atom is -0.452 e. The highest BCUT2D eigenvalue weighted by Gasteiger charge is 2.09. The van der Waals surface area contributed by atoms with Gasteiger partial charge in [-0.15, -0.1) is 0 Å². The molecule has 20 heavy (non-hydrogen) atoms. The summed E-state index contributed by atoms with van der Waals surface area (Å²) in [5.41, 5.74) is 8.16. The Labute approximate surface area is 115 Å². The second-order valence-electron chi connectivity index (χ2n) is 4.48. The van der Waals surface area contributed by atoms with E-state index in [1.807, 2.05) is 13.0 Å². The molecule has 0 bridgehead atoms. The van der Waals surface area contributed by atoms with Gasteiger partial charge >= 0.3 is 0 Å². The van der Waals surface area contributed by atoms with Crippen molar-refractivity contribution in [3.63, 3.8) is 0 Å². The van der Waals surface area contributed by atoms with Crippen LogP contribution in [-0.2, 0) is 0 Å². The fraction of sp³-hybridized carbons (Fsp3) is 0.0667. The number of ether oxygens (including phenoxy) is 1. The summed E-state index contributed by atoms with van der Waals surface area (Å²) in [6, 6.07) is 7.84. The van der Waals surface area contributed by atoms with E-state index in [-0.39, 0.29) is 5.75 Å². The van der Waals surface area contributed by atoms with Crippen molar-refractivity contribution in [1.82, 2.24) is 9.97 Å². The number of fused-ring (bicyclic) bond motifs is 1. The van der Waals surface area contributed by atoms with Crippen LogP contribution in [0.25, 0.3) is 11.0 Å². The van der Waals surface area contributed by atoms with Crippen molar-refractivity contribution in [3.8, 4) is 11.5 Å². The van der Waals surface area contributed by atoms with Crippen LogP contribution in [0.3, 0.4) is 0 Å². The highest BCUT2D eigenvalue weighted by molar-refractivity contribution is 5.81. The Kier molecular flexibility index (Phi) is 2.95. The Bertz CT molecular complexity index is 789. The maximum Gasteiger partial charge on any atom is 0.167 e. The number of hydrogen-bond acceptors (Lipinski definition) is 4. The van der Waals surface area contributed by atoms with Crippen LogP contribution in [0.5, 0.6) is 11.5 Å². The SMILES string of the molecule is Cc1cnc2c(Oc3ccc(N)cc3F)ccnc2c1. The van der Waals surface area contributed by atoms with Gasteiger partial charge in [-0.25, -0.2) is 4.39 Å². The summed E-state index contributed by atoms with van der Waals surface area (Å²) in [5, 5.41) is 0. The highest BCUT2D eigenvalue weighted by atomic mass is 19.1. The molecular formula is C15H12FN3O. The normalized spacial score (nSPS) is 10.7. The molecule has 2 N–H and O–H groups in total. The van der Waals surface area contributed by atoms with Gasteiger partial charge in [0.15, 0.2) is 17.3 Å². The van der Waals surface area contributed by atoms with Crippen LogP contribution in [0, 0.1) is 12.7 Å². The molecular weight excluding hydrogens is 257 g/mol. The summed E-state index contributed by atoms with van der Waals surface area (Å²) in [7, 11) is 0. The molecule has 0 aliphatic carbocycles. The second kappa shape index (κ2) is 4.77. The van der Waals surface area contributed by atoms with Gasteiger partial charge in [0.1, 0.15) is 5.52 Å². The van der Waals surface area contributed by atoms with E-state index in [0.29, 0.717) is 22.5 Å². The predicted molar refractivity (Wildman–Crippen MR) is 75.2 cm³/mol. The molecule has 0 unspecified atom stereocenters. The number of nitrogen functional groups attached to an aromatic ring is 1. The van der Waals surface area contributed by atoms with Crippen molar-refractivity contribution in [2.45, 2.75) is 6.92 Å². The molecule has 100 valence electrons. The van der Waals surface area contributed by atoms with E-state index in [1.165, 1.54) is 12.1 Å². The van der Waals surface area contributed by atoms with Crippen LogP contribution in [0.2, 0.25) is 0 Å². The van der Waals surface area contributed by atoms with Gasteiger partial charge in [-0.05, 0) is 30.7 Å². The Morgan fingerprint density at radius 1 is 1.10 bits per heavy atom. The lowest BCUT2D eigenvalue weighted by atomic mass is 10.2. The van der Waals surface area contributed by atoms with E-state index in [2.05, 4.69) is 9.97 Å². The summed E-state index contributed by atoms with van der Waals surface area (Å²) in [5.74, 6) is 0.0508. The molecule has 0 amide bonds. The van der Waals surface area contributed by atoms with E-state index >= 15 is 0 Å². The largest absolute Gasteiger partial charge is 0.452 e. The maximum absolute atomic E-state index is 13.8. The monoisotopic (exact) mass is 269 g/mol. The van der Waals surface area contributed by atoms with Gasteiger partial charge in [-0.2, -0.15) is 0 Å². The van der Waals surface area contributed by atoms with Crippen molar-refractivity contribution in [2.75, 3.05) is 5.73 Å². The number of nitrogens with two attached hydrogens (primary N) is 1. The van der Waals surface area contributed by atoms with Gasteiger partial charge in [-0.1, -0.05) is 0 Å². The molecule has 3 rings (SSSR count). The van der Waals surface area contributed by atoms with Crippen molar-refractivity contribution >= 4 is 16.7 Å². The summed E-state index contributed by atoms with van der Waals surface area (Å²) < 4.78 is 19.3. The van der Waals surface area contributed by atoms with Crippen molar-refractivity contribution in [1.29, 1.82) is 0 Å². The maximum atomic E-state index is 13.8. The van der Waals surface area contributed by atoms with E-state index < -0.39 is 5.82 Å². The fourth-order valence-electron chi connectivity index (χ4n) is 1.91. The van der Waals surface area contributed by atoms with Crippen LogP contribution in [0.15, 0.2) is 42.7 Å². The number of aromatic nitrogens is 2. The van der Waals surface area contributed by atoms with Gasteiger partial charge < -0.3 is 10.5 Å². The third kappa shape index (κ3) is 2.25. The summed E-state index contributed by atoms with van der Waals surface area (Å²) in [6.45, 7) is 1.93. The van der Waals surface area contributed by atoms with Crippen LogP contribution in [0.1, 0.15) is 5.56 Å². The fourth-order valence-corrected chi connectivity index (χ4v) is 1.91. The molecule has 0 spiro atoms. The number of pyridine rings is 2. The minimum atomic E-state index is -0.512. The van der Waals surface area contributed by atoms with Crippen molar-refractivity contribution < 1.29 is 9.13 Å². The third-order valence-electron chi connectivity index (χ3n) is 2.85. The number of halogens is 1. The first-order chi connectivity index (χ1) is 9.63. The first-order valence-electron chi connectivity index (χ1n) is 6.08. The molecule has 1 aromatic carbocycles. The van der Waals surface area contributed by atoms with Crippen LogP contribution in [0.4, 0.5) is 10.1 Å². The zero-order valence-electron chi connectivity index (χ0n) is 10.8. The molecule has 2 heterocycles. The number of rotatable bonds is 2. The van der Waals surface area contributed by atoms with Gasteiger partial charge in [0, 0.05) is 30.2 Å². The Balaban J connectivity index is 2.06. The molecule has 3 aromatic rings. The zero-order chi connectivity index (χ0) is 14.1. The molecule has 0 aliphatic rings. The first kappa shape index (κ1) is 12.3. The van der Waals surface area contributed by atoms with Gasteiger partial charge in [-0.3, -0.25) is 9.97 Å². The lowest BCUT2D eigenvalue weighted by Crippen LogP contribution is -1.94. The van der Waals surface area contributed by atoms with Crippen LogP contribution < -0.4 is 10.5 Å². The van der Waals surface area contributed by atoms with E-state index in [4.69, 9.17) is 10.5 Å². The smallest absolute Gasteiger partial charge is 0.167 e. The standard InChI is InChI=1S/C15H12FN3O/c1-9-6-12-15(19-8-9)14(4-5-18-12)20-13-3-2-10(17)7-11(13)16/h2-8H,17H2,1H3. The molecule has 0 aliphatic heterocycles. The molecule has 0 radical (unpaired) electrons. The van der Waals surface area contributed by atoms with Crippen molar-refractivity contribution in [2.24, 2.45) is 0 Å². The predicted octanol–water partition coefficient (Wildman–Crippen LogP) is 3.45. The molecule has 0 fully saturated rings. The van der Waals surface area contributed by atoms with Crippen molar-refractivity contribution in [3.05, 3.63) is 54.1 Å². The Morgan fingerprint density at radius 2 is 1.95 bits per heavy atom. The lowest BCUT2D eigenvalue weighted by Gasteiger charge is -2.09. The summed E-state index contributed by atoms with van der Waals surface area (Å²) >= 11 is 0. The van der Waals surface area contributed by atoms with Crippen LogP contribution >= 0.6 is 0 Å². The topological polar surface area (TPSA) is 61.0 Å². The molecule has 0 atom stereocenters. The Morgan fingerprint density at radius 3 is 2.75 bits per heavy atom. The number of aryl methyl sites for hydroxylation is 1. The molecule has 2 aromatic heterocycles. The van der Waals surface area contributed by atoms with E-state index in [0.717, 1.165) is 5.56 Å². The highest BCUT2D eigenvalue weighted by Crippen LogP contribution is 2.29. The lowest BCUT2D eigenvalue weighted by molar-refractivity contribution is 0.445. The van der Waals surface area contributed by atoms with Gasteiger partial charge in [0.25, 0.3) is 0 Å². The zero-order valence-corrected chi connectivity index (χ0v) is 10.8.